The highest BCUT2D eigenvalue weighted by Crippen LogP contribution is 2.25. The van der Waals surface area contributed by atoms with E-state index in [4.69, 9.17) is 4.74 Å². The van der Waals surface area contributed by atoms with Crippen LogP contribution in [0, 0.1) is 6.92 Å². The minimum atomic E-state index is 0.299. The fourth-order valence-corrected chi connectivity index (χ4v) is 2.46. The number of nitrogens with one attached hydrogen (secondary N) is 1. The molecule has 1 aromatic heterocycles. The van der Waals surface area contributed by atoms with Crippen molar-refractivity contribution < 1.29 is 4.74 Å². The molecule has 0 fully saturated rings. The molecule has 0 saturated carbocycles. The Morgan fingerprint density at radius 3 is 2.90 bits per heavy atom. The van der Waals surface area contributed by atoms with E-state index in [2.05, 4.69) is 40.8 Å². The van der Waals surface area contributed by atoms with Crippen LogP contribution in [-0.4, -0.2) is 23.2 Å². The molecular formula is C17H25N3O. The van der Waals surface area contributed by atoms with Gasteiger partial charge >= 0.3 is 0 Å². The fraction of sp³-hybridized carbons (Fsp3) is 0.471. The van der Waals surface area contributed by atoms with E-state index >= 15 is 0 Å². The molecule has 4 heteroatoms. The molecule has 0 saturated heterocycles. The quantitative estimate of drug-likeness (QED) is 0.757. The Kier molecular flexibility index (Phi) is 5.81. The van der Waals surface area contributed by atoms with Crippen molar-refractivity contribution in [1.82, 2.24) is 14.9 Å². The third-order valence-corrected chi connectivity index (χ3v) is 3.70. The number of ether oxygens (including phenoxy) is 1. The summed E-state index contributed by atoms with van der Waals surface area (Å²) in [5, 5.41) is 3.58. The standard InChI is InChI=1S/C17H25N3O/c1-14-6-7-17(21-3)16(12-14)15(2)19-8-4-5-10-20-11-9-18-13-20/h6-7,9,11-13,15,19H,4-5,8,10H2,1-3H3. The Labute approximate surface area is 127 Å². The predicted octanol–water partition coefficient (Wildman–Crippen LogP) is 3.33. The molecule has 0 aliphatic heterocycles. The molecule has 0 amide bonds. The Morgan fingerprint density at radius 2 is 2.19 bits per heavy atom. The van der Waals surface area contributed by atoms with E-state index in [1.165, 1.54) is 11.1 Å². The number of methoxy groups -OCH3 is 1. The third-order valence-electron chi connectivity index (χ3n) is 3.70. The average molecular weight is 287 g/mol. The molecule has 2 aromatic rings. The van der Waals surface area contributed by atoms with Crippen LogP contribution in [0.4, 0.5) is 0 Å². The molecule has 1 unspecified atom stereocenters. The van der Waals surface area contributed by atoms with Crippen molar-refractivity contribution in [3.05, 3.63) is 48.0 Å². The summed E-state index contributed by atoms with van der Waals surface area (Å²) in [6, 6.07) is 6.62. The summed E-state index contributed by atoms with van der Waals surface area (Å²) in [4.78, 5) is 4.05. The van der Waals surface area contributed by atoms with Crippen LogP contribution in [0.3, 0.4) is 0 Å². The van der Waals surface area contributed by atoms with Crippen molar-refractivity contribution in [3.63, 3.8) is 0 Å². The smallest absolute Gasteiger partial charge is 0.123 e. The van der Waals surface area contributed by atoms with Gasteiger partial charge in [0, 0.05) is 30.5 Å². The molecule has 1 aromatic carbocycles. The highest BCUT2D eigenvalue weighted by atomic mass is 16.5. The normalized spacial score (nSPS) is 12.3. The number of benzene rings is 1. The van der Waals surface area contributed by atoms with E-state index in [1.807, 2.05) is 24.8 Å². The number of hydrogen-bond acceptors (Lipinski definition) is 3. The number of aromatic nitrogens is 2. The monoisotopic (exact) mass is 287 g/mol. The Bertz CT molecular complexity index is 537. The highest BCUT2D eigenvalue weighted by molar-refractivity contribution is 5.38. The lowest BCUT2D eigenvalue weighted by molar-refractivity contribution is 0.400. The first-order valence-corrected chi connectivity index (χ1v) is 7.54. The van der Waals surface area contributed by atoms with E-state index < -0.39 is 0 Å². The van der Waals surface area contributed by atoms with E-state index in [-0.39, 0.29) is 0 Å². The van der Waals surface area contributed by atoms with Gasteiger partial charge in [-0.1, -0.05) is 17.7 Å². The second-order valence-electron chi connectivity index (χ2n) is 5.43. The number of unbranched alkanes of at least 4 members (excludes halogenated alkanes) is 1. The van der Waals surface area contributed by atoms with Crippen LogP contribution in [0.1, 0.15) is 36.9 Å². The number of nitrogens with zero attached hydrogens (tertiary/aromatic N) is 2. The minimum absolute atomic E-state index is 0.299. The lowest BCUT2D eigenvalue weighted by Crippen LogP contribution is -2.20. The number of imidazole rings is 1. The second-order valence-corrected chi connectivity index (χ2v) is 5.43. The summed E-state index contributed by atoms with van der Waals surface area (Å²) in [7, 11) is 1.73. The second kappa shape index (κ2) is 7.84. The van der Waals surface area contributed by atoms with Crippen molar-refractivity contribution >= 4 is 0 Å². The van der Waals surface area contributed by atoms with Gasteiger partial charge in [0.15, 0.2) is 0 Å². The van der Waals surface area contributed by atoms with Crippen LogP contribution in [0.25, 0.3) is 0 Å². The van der Waals surface area contributed by atoms with Gasteiger partial charge in [0.1, 0.15) is 5.75 Å². The topological polar surface area (TPSA) is 39.1 Å². The molecule has 4 nitrogen and oxygen atoms in total. The van der Waals surface area contributed by atoms with Crippen molar-refractivity contribution in [1.29, 1.82) is 0 Å². The summed E-state index contributed by atoms with van der Waals surface area (Å²) in [5.74, 6) is 0.957. The molecule has 0 radical (unpaired) electrons. The van der Waals surface area contributed by atoms with Gasteiger partial charge in [-0.15, -0.1) is 0 Å². The maximum atomic E-state index is 5.45. The Hall–Kier alpha value is -1.81. The number of hydrogen-bond donors (Lipinski definition) is 1. The van der Waals surface area contributed by atoms with E-state index in [9.17, 15) is 0 Å². The average Bonchev–Trinajstić information content (AvgIpc) is 3.00. The SMILES string of the molecule is COc1ccc(C)cc1C(C)NCCCCn1ccnc1. The van der Waals surface area contributed by atoms with Crippen molar-refractivity contribution in [2.45, 2.75) is 39.3 Å². The van der Waals surface area contributed by atoms with Crippen LogP contribution in [0.15, 0.2) is 36.9 Å². The molecule has 0 aliphatic rings. The summed E-state index contributed by atoms with van der Waals surface area (Å²) in [5.41, 5.74) is 2.49. The van der Waals surface area contributed by atoms with Gasteiger partial charge in [-0.2, -0.15) is 0 Å². The first-order valence-electron chi connectivity index (χ1n) is 7.54. The first kappa shape index (κ1) is 15.6. The lowest BCUT2D eigenvalue weighted by atomic mass is 10.0. The van der Waals surface area contributed by atoms with Gasteiger partial charge in [0.05, 0.1) is 13.4 Å². The fourth-order valence-electron chi connectivity index (χ4n) is 2.46. The van der Waals surface area contributed by atoms with E-state index in [1.54, 1.807) is 7.11 Å². The van der Waals surface area contributed by atoms with Crippen molar-refractivity contribution in [2.24, 2.45) is 0 Å². The maximum Gasteiger partial charge on any atom is 0.123 e. The maximum absolute atomic E-state index is 5.45. The molecule has 1 atom stereocenters. The largest absolute Gasteiger partial charge is 0.496 e. The highest BCUT2D eigenvalue weighted by Gasteiger charge is 2.10. The Balaban J connectivity index is 1.76. The summed E-state index contributed by atoms with van der Waals surface area (Å²) in [6.07, 6.45) is 8.00. The molecule has 0 spiro atoms. The first-order chi connectivity index (χ1) is 10.2. The molecule has 21 heavy (non-hydrogen) atoms. The molecule has 1 heterocycles. The van der Waals surface area contributed by atoms with Gasteiger partial charge in [0.2, 0.25) is 0 Å². The van der Waals surface area contributed by atoms with Gasteiger partial charge in [-0.3, -0.25) is 0 Å². The van der Waals surface area contributed by atoms with Crippen LogP contribution in [-0.2, 0) is 6.54 Å². The predicted molar refractivity (Wildman–Crippen MR) is 85.6 cm³/mol. The van der Waals surface area contributed by atoms with Gasteiger partial charge < -0.3 is 14.6 Å². The van der Waals surface area contributed by atoms with Crippen molar-refractivity contribution in [3.8, 4) is 5.75 Å². The molecular weight excluding hydrogens is 262 g/mol. The van der Waals surface area contributed by atoms with Crippen LogP contribution < -0.4 is 10.1 Å². The molecule has 1 N–H and O–H groups in total. The molecule has 2 rings (SSSR count). The zero-order valence-corrected chi connectivity index (χ0v) is 13.2. The van der Waals surface area contributed by atoms with Crippen LogP contribution in [0.2, 0.25) is 0 Å². The summed E-state index contributed by atoms with van der Waals surface area (Å²) < 4.78 is 7.57. The van der Waals surface area contributed by atoms with Gasteiger partial charge in [-0.05, 0) is 39.3 Å². The molecule has 114 valence electrons. The molecule has 0 bridgehead atoms. The third kappa shape index (κ3) is 4.60. The lowest BCUT2D eigenvalue weighted by Gasteiger charge is -2.18. The number of rotatable bonds is 8. The summed E-state index contributed by atoms with van der Waals surface area (Å²) in [6.45, 7) is 6.34. The van der Waals surface area contributed by atoms with Crippen molar-refractivity contribution in [2.75, 3.05) is 13.7 Å². The van der Waals surface area contributed by atoms with E-state index in [0.29, 0.717) is 6.04 Å². The van der Waals surface area contributed by atoms with Crippen LogP contribution >= 0.6 is 0 Å². The van der Waals surface area contributed by atoms with Gasteiger partial charge in [-0.25, -0.2) is 4.98 Å². The number of aryl methyl sites for hydroxylation is 2. The zero-order valence-electron chi connectivity index (χ0n) is 13.2. The molecule has 0 aliphatic carbocycles. The Morgan fingerprint density at radius 1 is 1.33 bits per heavy atom. The van der Waals surface area contributed by atoms with Gasteiger partial charge in [0.25, 0.3) is 0 Å². The minimum Gasteiger partial charge on any atom is -0.496 e. The van der Waals surface area contributed by atoms with Crippen LogP contribution in [0.5, 0.6) is 5.75 Å². The zero-order chi connectivity index (χ0) is 15.1. The van der Waals surface area contributed by atoms with E-state index in [0.717, 1.165) is 31.7 Å². The summed E-state index contributed by atoms with van der Waals surface area (Å²) >= 11 is 0.